The average Bonchev–Trinajstić information content (AvgIpc) is 2.44. The van der Waals surface area contributed by atoms with Gasteiger partial charge < -0.3 is 9.84 Å². The zero-order chi connectivity index (χ0) is 14.3. The fourth-order valence-corrected chi connectivity index (χ4v) is 2.04. The SMILES string of the molecule is C=CC(C)c1cc(CCC)cc(C=O)c1OCCO. The number of carbonyl (C=O) groups is 1. The quantitative estimate of drug-likeness (QED) is 0.578. The molecular formula is C16H22O3. The third-order valence-corrected chi connectivity index (χ3v) is 3.05. The van der Waals surface area contributed by atoms with Crippen LogP contribution in [0.15, 0.2) is 24.8 Å². The van der Waals surface area contributed by atoms with Crippen LogP contribution < -0.4 is 4.74 Å². The largest absolute Gasteiger partial charge is 0.490 e. The molecule has 0 aromatic heterocycles. The minimum Gasteiger partial charge on any atom is -0.490 e. The van der Waals surface area contributed by atoms with Gasteiger partial charge in [0.05, 0.1) is 12.2 Å². The molecule has 1 aromatic rings. The Morgan fingerprint density at radius 2 is 2.21 bits per heavy atom. The van der Waals surface area contributed by atoms with Crippen LogP contribution in [0.5, 0.6) is 5.75 Å². The summed E-state index contributed by atoms with van der Waals surface area (Å²) in [4.78, 5) is 11.2. The van der Waals surface area contributed by atoms with Gasteiger partial charge in [-0.15, -0.1) is 6.58 Å². The van der Waals surface area contributed by atoms with Crippen LogP contribution in [-0.4, -0.2) is 24.6 Å². The van der Waals surface area contributed by atoms with E-state index in [-0.39, 0.29) is 19.1 Å². The third-order valence-electron chi connectivity index (χ3n) is 3.05. The van der Waals surface area contributed by atoms with Gasteiger partial charge in [-0.05, 0) is 18.1 Å². The molecule has 0 fully saturated rings. The highest BCUT2D eigenvalue weighted by atomic mass is 16.5. The average molecular weight is 262 g/mol. The summed E-state index contributed by atoms with van der Waals surface area (Å²) >= 11 is 0. The molecule has 19 heavy (non-hydrogen) atoms. The zero-order valence-corrected chi connectivity index (χ0v) is 11.7. The highest BCUT2D eigenvalue weighted by molar-refractivity contribution is 5.81. The second-order valence-electron chi connectivity index (χ2n) is 4.57. The molecule has 3 nitrogen and oxygen atoms in total. The van der Waals surface area contributed by atoms with Crippen LogP contribution in [0.3, 0.4) is 0 Å². The lowest BCUT2D eigenvalue weighted by molar-refractivity contribution is 0.111. The second-order valence-corrected chi connectivity index (χ2v) is 4.57. The van der Waals surface area contributed by atoms with Crippen LogP contribution in [0.4, 0.5) is 0 Å². The Hall–Kier alpha value is -1.61. The first kappa shape index (κ1) is 15.4. The standard InChI is InChI=1S/C16H22O3/c1-4-6-13-9-14(11-18)16(19-8-7-17)15(10-13)12(3)5-2/h5,9-12,17H,2,4,6-8H2,1,3H3. The van der Waals surface area contributed by atoms with Crippen LogP contribution >= 0.6 is 0 Å². The normalized spacial score (nSPS) is 11.9. The van der Waals surface area contributed by atoms with Crippen molar-refractivity contribution in [2.24, 2.45) is 0 Å². The van der Waals surface area contributed by atoms with Crippen molar-refractivity contribution in [1.29, 1.82) is 0 Å². The number of aryl methyl sites for hydroxylation is 1. The van der Waals surface area contributed by atoms with Crippen LogP contribution in [0.25, 0.3) is 0 Å². The summed E-state index contributed by atoms with van der Waals surface area (Å²) in [6.07, 6.45) is 4.59. The van der Waals surface area contributed by atoms with E-state index in [2.05, 4.69) is 19.6 Å². The monoisotopic (exact) mass is 262 g/mol. The van der Waals surface area contributed by atoms with Crippen LogP contribution in [0.1, 0.15) is 47.7 Å². The van der Waals surface area contributed by atoms with Gasteiger partial charge in [0.2, 0.25) is 0 Å². The highest BCUT2D eigenvalue weighted by Gasteiger charge is 2.15. The lowest BCUT2D eigenvalue weighted by atomic mass is 9.94. The maximum Gasteiger partial charge on any atom is 0.153 e. The fourth-order valence-electron chi connectivity index (χ4n) is 2.04. The Morgan fingerprint density at radius 1 is 1.47 bits per heavy atom. The predicted octanol–water partition coefficient (Wildman–Crippen LogP) is 3.11. The molecule has 0 spiro atoms. The molecule has 0 saturated heterocycles. The molecule has 0 bridgehead atoms. The van der Waals surface area contributed by atoms with Crippen molar-refractivity contribution in [3.05, 3.63) is 41.5 Å². The molecule has 0 radical (unpaired) electrons. The lowest BCUT2D eigenvalue weighted by Crippen LogP contribution is -2.08. The summed E-state index contributed by atoms with van der Waals surface area (Å²) in [5, 5.41) is 8.88. The van der Waals surface area contributed by atoms with Crippen molar-refractivity contribution in [2.45, 2.75) is 32.6 Å². The number of allylic oxidation sites excluding steroid dienone is 1. The van der Waals surface area contributed by atoms with E-state index in [1.165, 1.54) is 0 Å². The number of hydrogen-bond donors (Lipinski definition) is 1. The molecule has 3 heteroatoms. The molecule has 0 amide bonds. The van der Waals surface area contributed by atoms with E-state index in [1.807, 2.05) is 19.1 Å². The molecule has 0 aliphatic heterocycles. The first-order chi connectivity index (χ1) is 9.17. The molecule has 0 aliphatic carbocycles. The van der Waals surface area contributed by atoms with Gasteiger partial charge in [0.25, 0.3) is 0 Å². The maximum atomic E-state index is 11.2. The maximum absolute atomic E-state index is 11.2. The van der Waals surface area contributed by atoms with Gasteiger partial charge in [0.1, 0.15) is 12.4 Å². The van der Waals surface area contributed by atoms with E-state index in [1.54, 1.807) is 0 Å². The van der Waals surface area contributed by atoms with Crippen molar-refractivity contribution in [2.75, 3.05) is 13.2 Å². The van der Waals surface area contributed by atoms with Crippen molar-refractivity contribution in [3.8, 4) is 5.75 Å². The lowest BCUT2D eigenvalue weighted by Gasteiger charge is -2.17. The van der Waals surface area contributed by atoms with E-state index in [4.69, 9.17) is 9.84 Å². The number of aldehydes is 1. The summed E-state index contributed by atoms with van der Waals surface area (Å²) in [6.45, 7) is 8.03. The number of benzene rings is 1. The van der Waals surface area contributed by atoms with Gasteiger partial charge >= 0.3 is 0 Å². The Morgan fingerprint density at radius 3 is 2.74 bits per heavy atom. The smallest absolute Gasteiger partial charge is 0.153 e. The van der Waals surface area contributed by atoms with E-state index < -0.39 is 0 Å². The molecule has 0 aliphatic rings. The summed E-state index contributed by atoms with van der Waals surface area (Å²) in [5.74, 6) is 0.667. The van der Waals surface area contributed by atoms with Crippen molar-refractivity contribution >= 4 is 6.29 Å². The highest BCUT2D eigenvalue weighted by Crippen LogP contribution is 2.32. The third kappa shape index (κ3) is 3.93. The summed E-state index contributed by atoms with van der Waals surface area (Å²) < 4.78 is 5.54. The second kappa shape index (κ2) is 7.74. The molecule has 1 atom stereocenters. The topological polar surface area (TPSA) is 46.5 Å². The summed E-state index contributed by atoms with van der Waals surface area (Å²) in [7, 11) is 0. The van der Waals surface area contributed by atoms with E-state index >= 15 is 0 Å². The van der Waals surface area contributed by atoms with Gasteiger partial charge in [-0.25, -0.2) is 0 Å². The number of hydrogen-bond acceptors (Lipinski definition) is 3. The van der Waals surface area contributed by atoms with Crippen molar-refractivity contribution < 1.29 is 14.6 Å². The first-order valence-corrected chi connectivity index (χ1v) is 6.66. The number of aliphatic hydroxyl groups excluding tert-OH is 1. The van der Waals surface area contributed by atoms with Gasteiger partial charge in [0.15, 0.2) is 6.29 Å². The molecular weight excluding hydrogens is 240 g/mol. The molecule has 1 N–H and O–H groups in total. The number of aliphatic hydroxyl groups is 1. The Kier molecular flexibility index (Phi) is 6.30. The van der Waals surface area contributed by atoms with Crippen LogP contribution in [0.2, 0.25) is 0 Å². The van der Waals surface area contributed by atoms with Gasteiger partial charge in [-0.1, -0.05) is 32.4 Å². The van der Waals surface area contributed by atoms with E-state index in [9.17, 15) is 4.79 Å². The number of carbonyl (C=O) groups excluding carboxylic acids is 1. The Balaban J connectivity index is 3.29. The molecule has 0 saturated carbocycles. The molecule has 1 aromatic carbocycles. The number of ether oxygens (including phenoxy) is 1. The van der Waals surface area contributed by atoms with Gasteiger partial charge in [-0.2, -0.15) is 0 Å². The van der Waals surface area contributed by atoms with Gasteiger partial charge in [-0.3, -0.25) is 4.79 Å². The van der Waals surface area contributed by atoms with Crippen LogP contribution in [0, 0.1) is 0 Å². The molecule has 104 valence electrons. The summed E-state index contributed by atoms with van der Waals surface area (Å²) in [6, 6.07) is 3.93. The Bertz CT molecular complexity index is 438. The summed E-state index contributed by atoms with van der Waals surface area (Å²) in [5.41, 5.74) is 2.63. The van der Waals surface area contributed by atoms with Crippen molar-refractivity contribution in [1.82, 2.24) is 0 Å². The minimum absolute atomic E-state index is 0.0725. The van der Waals surface area contributed by atoms with Gasteiger partial charge in [0, 0.05) is 11.5 Å². The van der Waals surface area contributed by atoms with E-state index in [0.29, 0.717) is 11.3 Å². The van der Waals surface area contributed by atoms with Crippen molar-refractivity contribution in [3.63, 3.8) is 0 Å². The zero-order valence-electron chi connectivity index (χ0n) is 11.7. The molecule has 0 heterocycles. The molecule has 1 rings (SSSR count). The van der Waals surface area contributed by atoms with E-state index in [0.717, 1.165) is 30.3 Å². The Labute approximate surface area is 114 Å². The number of rotatable bonds is 8. The molecule has 1 unspecified atom stereocenters. The minimum atomic E-state index is -0.0725. The fraction of sp³-hybridized carbons (Fsp3) is 0.438. The van der Waals surface area contributed by atoms with Crippen LogP contribution in [-0.2, 0) is 6.42 Å². The predicted molar refractivity (Wildman–Crippen MR) is 77.0 cm³/mol. The first-order valence-electron chi connectivity index (χ1n) is 6.66.